The highest BCUT2D eigenvalue weighted by Crippen LogP contribution is 2.40. The molecule has 3 N–H and O–H groups in total. The van der Waals surface area contributed by atoms with Crippen molar-refractivity contribution in [1.82, 2.24) is 20.2 Å². The number of halogens is 1. The maximum absolute atomic E-state index is 12.5. The van der Waals surface area contributed by atoms with Crippen LogP contribution in [0, 0.1) is 5.92 Å². The molecule has 0 bridgehead atoms. The third kappa shape index (κ3) is 5.18. The van der Waals surface area contributed by atoms with E-state index in [9.17, 15) is 9.59 Å². The topological polar surface area (TPSA) is 99.3 Å². The van der Waals surface area contributed by atoms with E-state index in [1.807, 2.05) is 30.9 Å². The fourth-order valence-electron chi connectivity index (χ4n) is 6.06. The second-order valence-corrected chi connectivity index (χ2v) is 12.0. The molecule has 2 amide bonds. The summed E-state index contributed by atoms with van der Waals surface area (Å²) in [7, 11) is 0. The number of amides is 2. The van der Waals surface area contributed by atoms with Crippen molar-refractivity contribution >= 4 is 40.7 Å². The van der Waals surface area contributed by atoms with Crippen molar-refractivity contribution in [2.75, 3.05) is 36.8 Å². The van der Waals surface area contributed by atoms with Gasteiger partial charge in [-0.3, -0.25) is 9.59 Å². The lowest BCUT2D eigenvalue weighted by atomic mass is 9.82. The first-order chi connectivity index (χ1) is 19.3. The molecule has 0 spiro atoms. The van der Waals surface area contributed by atoms with Crippen LogP contribution in [0.3, 0.4) is 0 Å². The molecule has 40 heavy (non-hydrogen) atoms. The Morgan fingerprint density at radius 1 is 1.10 bits per heavy atom. The van der Waals surface area contributed by atoms with E-state index in [4.69, 9.17) is 16.6 Å². The first kappa shape index (κ1) is 26.7. The Hall–Kier alpha value is -3.49. The normalized spacial score (nSPS) is 18.7. The monoisotopic (exact) mass is 558 g/mol. The molecule has 3 aromatic rings. The molecule has 0 radical (unpaired) electrons. The molecule has 3 aliphatic heterocycles. The minimum atomic E-state index is -0.567. The molecule has 0 aliphatic carbocycles. The summed E-state index contributed by atoms with van der Waals surface area (Å²) in [4.78, 5) is 36.1. The number of likely N-dealkylation sites (tertiary alicyclic amines) is 1. The van der Waals surface area contributed by atoms with Crippen LogP contribution in [-0.4, -0.2) is 52.9 Å². The average molecular weight is 559 g/mol. The number of aryl methyl sites for hydroxylation is 2. The van der Waals surface area contributed by atoms with Crippen molar-refractivity contribution in [2.45, 2.75) is 50.9 Å². The molecule has 0 saturated carbocycles. The van der Waals surface area contributed by atoms with E-state index in [2.05, 4.69) is 51.3 Å². The largest absolute Gasteiger partial charge is 0.342 e. The standard InChI is InChI=1S/C31H35ClN6O2/c1-31(2)27-21(4-3-5-26(27)36-29(31)40)8-11-25-24(32)18-34-30(37-25)35-23-9-6-19(7-10-23)20-12-14-38(15-13-20)28(39)22-16-33-17-22/h3-7,9-10,18,20,22,33H,8,11-17H2,1-2H3,(H,36,40)(H,34,35,37). The maximum atomic E-state index is 12.5. The maximum Gasteiger partial charge on any atom is 0.234 e. The van der Waals surface area contributed by atoms with Crippen molar-refractivity contribution < 1.29 is 9.59 Å². The van der Waals surface area contributed by atoms with Gasteiger partial charge in [0.2, 0.25) is 17.8 Å². The Morgan fingerprint density at radius 3 is 2.55 bits per heavy atom. The molecule has 6 rings (SSSR count). The van der Waals surface area contributed by atoms with Crippen LogP contribution in [0.15, 0.2) is 48.7 Å². The molecular weight excluding hydrogens is 524 g/mol. The number of hydrogen-bond acceptors (Lipinski definition) is 6. The number of fused-ring (bicyclic) bond motifs is 1. The molecule has 2 fully saturated rings. The minimum Gasteiger partial charge on any atom is -0.342 e. The van der Waals surface area contributed by atoms with Crippen molar-refractivity contribution in [1.29, 1.82) is 0 Å². The number of nitrogens with one attached hydrogen (secondary N) is 3. The van der Waals surface area contributed by atoms with Crippen LogP contribution in [0.1, 0.15) is 55.0 Å². The van der Waals surface area contributed by atoms with E-state index in [0.717, 1.165) is 67.2 Å². The number of rotatable bonds is 7. The second kappa shape index (κ2) is 10.8. The number of benzene rings is 2. The second-order valence-electron chi connectivity index (χ2n) is 11.6. The highest BCUT2D eigenvalue weighted by Gasteiger charge is 2.40. The van der Waals surface area contributed by atoms with Gasteiger partial charge in [-0.25, -0.2) is 9.97 Å². The van der Waals surface area contributed by atoms with Crippen molar-refractivity contribution in [3.8, 4) is 0 Å². The lowest BCUT2D eigenvalue weighted by Gasteiger charge is -2.37. The van der Waals surface area contributed by atoms with E-state index < -0.39 is 5.41 Å². The summed E-state index contributed by atoms with van der Waals surface area (Å²) in [5, 5.41) is 10.0. The molecular formula is C31H35ClN6O2. The van der Waals surface area contributed by atoms with Crippen LogP contribution >= 0.6 is 11.6 Å². The van der Waals surface area contributed by atoms with Crippen LogP contribution < -0.4 is 16.0 Å². The summed E-state index contributed by atoms with van der Waals surface area (Å²) in [6.07, 6.45) is 4.98. The highest BCUT2D eigenvalue weighted by molar-refractivity contribution is 6.31. The Kier molecular flexibility index (Phi) is 7.23. The Balaban J connectivity index is 1.08. The average Bonchev–Trinajstić information content (AvgIpc) is 3.16. The third-order valence-electron chi connectivity index (χ3n) is 8.62. The quantitative estimate of drug-likeness (QED) is 0.385. The smallest absolute Gasteiger partial charge is 0.234 e. The zero-order valence-electron chi connectivity index (χ0n) is 23.0. The number of hydrogen-bond donors (Lipinski definition) is 3. The number of nitrogens with zero attached hydrogens (tertiary/aromatic N) is 3. The van der Waals surface area contributed by atoms with E-state index in [1.54, 1.807) is 6.20 Å². The number of carbonyl (C=O) groups is 2. The van der Waals surface area contributed by atoms with Crippen LogP contribution in [0.5, 0.6) is 0 Å². The lowest BCUT2D eigenvalue weighted by molar-refractivity contribution is -0.138. The summed E-state index contributed by atoms with van der Waals surface area (Å²) in [6, 6.07) is 14.4. The van der Waals surface area contributed by atoms with Gasteiger partial charge in [0, 0.05) is 37.6 Å². The van der Waals surface area contributed by atoms with Crippen molar-refractivity contribution in [2.24, 2.45) is 5.92 Å². The molecule has 9 heteroatoms. The van der Waals surface area contributed by atoms with Gasteiger partial charge >= 0.3 is 0 Å². The molecule has 2 aromatic carbocycles. The minimum absolute atomic E-state index is 0.0230. The summed E-state index contributed by atoms with van der Waals surface area (Å²) in [6.45, 7) is 7.22. The summed E-state index contributed by atoms with van der Waals surface area (Å²) in [5.74, 6) is 1.47. The third-order valence-corrected chi connectivity index (χ3v) is 8.93. The van der Waals surface area contributed by atoms with Gasteiger partial charge in [-0.05, 0) is 80.3 Å². The number of aromatic nitrogens is 2. The Labute approximate surface area is 239 Å². The van der Waals surface area contributed by atoms with Gasteiger partial charge in [-0.2, -0.15) is 0 Å². The summed E-state index contributed by atoms with van der Waals surface area (Å²) in [5.41, 5.74) is 5.47. The molecule has 3 aliphatic rings. The van der Waals surface area contributed by atoms with Gasteiger partial charge in [0.15, 0.2) is 0 Å². The number of piperidine rings is 1. The SMILES string of the molecule is CC1(C)C(=O)Nc2cccc(CCc3nc(Nc4ccc(C5CCN(C(=O)C6CNC6)CC5)cc4)ncc3Cl)c21. The zero-order valence-corrected chi connectivity index (χ0v) is 23.7. The Morgan fingerprint density at radius 2 is 1.85 bits per heavy atom. The van der Waals surface area contributed by atoms with Gasteiger partial charge in [0.05, 0.1) is 28.2 Å². The predicted molar refractivity (Wildman–Crippen MR) is 157 cm³/mol. The molecule has 2 saturated heterocycles. The van der Waals surface area contributed by atoms with E-state index >= 15 is 0 Å². The predicted octanol–water partition coefficient (Wildman–Crippen LogP) is 4.81. The van der Waals surface area contributed by atoms with Crippen molar-refractivity contribution in [3.05, 3.63) is 76.1 Å². The molecule has 0 atom stereocenters. The molecule has 8 nitrogen and oxygen atoms in total. The van der Waals surface area contributed by atoms with E-state index in [0.29, 0.717) is 35.6 Å². The van der Waals surface area contributed by atoms with Gasteiger partial charge in [-0.1, -0.05) is 35.9 Å². The summed E-state index contributed by atoms with van der Waals surface area (Å²) < 4.78 is 0. The van der Waals surface area contributed by atoms with Gasteiger partial charge < -0.3 is 20.9 Å². The first-order valence-corrected chi connectivity index (χ1v) is 14.5. The van der Waals surface area contributed by atoms with Crippen LogP contribution in [0.2, 0.25) is 5.02 Å². The molecule has 0 unspecified atom stereocenters. The molecule has 208 valence electrons. The van der Waals surface area contributed by atoms with E-state index in [-0.39, 0.29) is 11.8 Å². The van der Waals surface area contributed by atoms with Gasteiger partial charge in [0.25, 0.3) is 0 Å². The Bertz CT molecular complexity index is 1430. The highest BCUT2D eigenvalue weighted by atomic mass is 35.5. The number of carbonyl (C=O) groups excluding carboxylic acids is 2. The fourth-order valence-corrected chi connectivity index (χ4v) is 6.24. The molecule has 1 aromatic heterocycles. The van der Waals surface area contributed by atoms with Crippen LogP contribution in [0.25, 0.3) is 0 Å². The van der Waals surface area contributed by atoms with Gasteiger partial charge in [0.1, 0.15) is 0 Å². The fraction of sp³-hybridized carbons (Fsp3) is 0.419. The molecule has 4 heterocycles. The van der Waals surface area contributed by atoms with Crippen LogP contribution in [0.4, 0.5) is 17.3 Å². The summed E-state index contributed by atoms with van der Waals surface area (Å²) >= 11 is 6.48. The van der Waals surface area contributed by atoms with Crippen LogP contribution in [-0.2, 0) is 27.8 Å². The zero-order chi connectivity index (χ0) is 27.9. The number of anilines is 3. The first-order valence-electron chi connectivity index (χ1n) is 14.1. The van der Waals surface area contributed by atoms with E-state index in [1.165, 1.54) is 5.56 Å². The lowest BCUT2D eigenvalue weighted by Crippen LogP contribution is -2.53. The van der Waals surface area contributed by atoms with Crippen molar-refractivity contribution in [3.63, 3.8) is 0 Å². The van der Waals surface area contributed by atoms with Gasteiger partial charge in [-0.15, -0.1) is 0 Å².